The maximum Gasteiger partial charge on any atom is 0.262 e. The van der Waals surface area contributed by atoms with Gasteiger partial charge in [-0.1, -0.05) is 12.1 Å². The molecule has 8 nitrogen and oxygen atoms in total. The van der Waals surface area contributed by atoms with Crippen molar-refractivity contribution in [1.29, 1.82) is 0 Å². The van der Waals surface area contributed by atoms with E-state index in [9.17, 15) is 19.2 Å². The van der Waals surface area contributed by atoms with Crippen LogP contribution in [-0.4, -0.2) is 46.7 Å². The van der Waals surface area contributed by atoms with E-state index in [4.69, 9.17) is 5.73 Å². The molecule has 0 bridgehead atoms. The van der Waals surface area contributed by atoms with Crippen molar-refractivity contribution in [3.8, 4) is 0 Å². The number of nitrogens with zero attached hydrogens (tertiary/aromatic N) is 1. The van der Waals surface area contributed by atoms with Crippen molar-refractivity contribution in [2.24, 2.45) is 11.1 Å². The Balaban J connectivity index is 1.33. The zero-order valence-corrected chi connectivity index (χ0v) is 15.4. The Hall–Kier alpha value is -2.58. The van der Waals surface area contributed by atoms with Crippen LogP contribution in [0.1, 0.15) is 58.4 Å². The van der Waals surface area contributed by atoms with Crippen molar-refractivity contribution in [2.75, 3.05) is 0 Å². The summed E-state index contributed by atoms with van der Waals surface area (Å²) >= 11 is 0. The minimum Gasteiger partial charge on any atom is -0.327 e. The van der Waals surface area contributed by atoms with E-state index in [0.29, 0.717) is 35.2 Å². The predicted molar refractivity (Wildman–Crippen MR) is 98.0 cm³/mol. The number of carbonyl (C=O) groups excluding carboxylic acids is 4. The van der Waals surface area contributed by atoms with E-state index in [1.807, 2.05) is 6.07 Å². The van der Waals surface area contributed by atoms with Crippen molar-refractivity contribution in [3.05, 3.63) is 34.9 Å². The molecule has 4 N–H and O–H groups in total. The first-order valence-electron chi connectivity index (χ1n) is 9.72. The standard InChI is InChI=1S/C20H22N4O4/c21-14-8-20(14)6-11(7-20)22-9-10-2-1-3-12-16(10)19(28)24(18(12)27)13-4-5-15(25)23-17(13)26/h1-3,11,13-14,22H,4-9,21H2,(H,23,25,26). The number of rotatable bonds is 4. The molecule has 146 valence electrons. The third-order valence-electron chi connectivity index (χ3n) is 6.69. The molecule has 0 radical (unpaired) electrons. The van der Waals surface area contributed by atoms with Gasteiger partial charge < -0.3 is 11.1 Å². The molecule has 28 heavy (non-hydrogen) atoms. The van der Waals surface area contributed by atoms with Crippen molar-refractivity contribution >= 4 is 23.6 Å². The fraction of sp³-hybridized carbons (Fsp3) is 0.500. The maximum absolute atomic E-state index is 13.0. The Bertz CT molecular complexity index is 921. The Labute approximate surface area is 161 Å². The van der Waals surface area contributed by atoms with Crippen molar-refractivity contribution < 1.29 is 19.2 Å². The number of nitrogens with two attached hydrogens (primary N) is 1. The quantitative estimate of drug-likeness (QED) is 0.633. The zero-order chi connectivity index (χ0) is 19.6. The van der Waals surface area contributed by atoms with Crippen LogP contribution in [0.2, 0.25) is 0 Å². The molecule has 2 unspecified atom stereocenters. The molecular formula is C20H22N4O4. The molecule has 1 spiro atoms. The highest BCUT2D eigenvalue weighted by molar-refractivity contribution is 6.24. The van der Waals surface area contributed by atoms with Gasteiger partial charge in [-0.3, -0.25) is 29.4 Å². The lowest BCUT2D eigenvalue weighted by Gasteiger charge is -2.37. The number of amides is 4. The molecule has 8 heteroatoms. The van der Waals surface area contributed by atoms with E-state index in [-0.39, 0.29) is 18.7 Å². The molecule has 1 aromatic carbocycles. The van der Waals surface area contributed by atoms with Crippen molar-refractivity contribution in [2.45, 2.75) is 56.8 Å². The predicted octanol–water partition coefficient (Wildman–Crippen LogP) is 0.0572. The van der Waals surface area contributed by atoms with E-state index in [0.717, 1.165) is 29.7 Å². The highest BCUT2D eigenvalue weighted by Crippen LogP contribution is 2.59. The number of fused-ring (bicyclic) bond motifs is 1. The molecule has 4 amide bonds. The van der Waals surface area contributed by atoms with Crippen LogP contribution in [0.25, 0.3) is 0 Å². The molecule has 3 fully saturated rings. The van der Waals surface area contributed by atoms with E-state index in [2.05, 4.69) is 10.6 Å². The minimum atomic E-state index is -0.936. The number of imide groups is 2. The molecule has 2 saturated carbocycles. The number of hydrogen-bond donors (Lipinski definition) is 3. The second kappa shape index (κ2) is 5.96. The molecule has 2 heterocycles. The van der Waals surface area contributed by atoms with E-state index in [1.54, 1.807) is 12.1 Å². The van der Waals surface area contributed by atoms with Gasteiger partial charge in [0.05, 0.1) is 11.1 Å². The Morgan fingerprint density at radius 1 is 1.14 bits per heavy atom. The summed E-state index contributed by atoms with van der Waals surface area (Å²) in [7, 11) is 0. The number of hydrogen-bond acceptors (Lipinski definition) is 6. The molecule has 2 aliphatic heterocycles. The fourth-order valence-corrected chi connectivity index (χ4v) is 4.90. The fourth-order valence-electron chi connectivity index (χ4n) is 4.90. The number of nitrogens with one attached hydrogen (secondary N) is 2. The lowest BCUT2D eigenvalue weighted by molar-refractivity contribution is -0.136. The summed E-state index contributed by atoms with van der Waals surface area (Å²) in [5.74, 6) is -1.90. The number of piperidine rings is 1. The highest BCUT2D eigenvalue weighted by atomic mass is 16.2. The second-order valence-electron chi connectivity index (χ2n) is 8.45. The molecule has 0 aromatic heterocycles. The summed E-state index contributed by atoms with van der Waals surface area (Å²) in [5.41, 5.74) is 7.76. The molecular weight excluding hydrogens is 360 g/mol. The molecule has 1 saturated heterocycles. The first-order valence-corrected chi connectivity index (χ1v) is 9.72. The number of carbonyl (C=O) groups is 4. The van der Waals surface area contributed by atoms with Crippen LogP contribution < -0.4 is 16.4 Å². The number of benzene rings is 1. The van der Waals surface area contributed by atoms with Crippen LogP contribution in [0.15, 0.2) is 18.2 Å². The third-order valence-corrected chi connectivity index (χ3v) is 6.69. The van der Waals surface area contributed by atoms with E-state index < -0.39 is 23.8 Å². The van der Waals surface area contributed by atoms with Crippen LogP contribution in [-0.2, 0) is 16.1 Å². The van der Waals surface area contributed by atoms with Gasteiger partial charge in [0.2, 0.25) is 11.8 Å². The summed E-state index contributed by atoms with van der Waals surface area (Å²) in [4.78, 5) is 50.4. The van der Waals surface area contributed by atoms with Gasteiger partial charge in [0.25, 0.3) is 11.8 Å². The SMILES string of the molecule is NC1CC12CC(NCc1cccc3c1C(=O)N(C1CCC(=O)NC1=O)C3=O)C2. The van der Waals surface area contributed by atoms with Gasteiger partial charge >= 0.3 is 0 Å². The average Bonchev–Trinajstić information content (AvgIpc) is 3.24. The summed E-state index contributed by atoms with van der Waals surface area (Å²) < 4.78 is 0. The molecule has 2 aliphatic carbocycles. The minimum absolute atomic E-state index is 0.115. The van der Waals surface area contributed by atoms with Gasteiger partial charge in [-0.15, -0.1) is 0 Å². The lowest BCUT2D eigenvalue weighted by Crippen LogP contribution is -2.54. The summed E-state index contributed by atoms with van der Waals surface area (Å²) in [6.07, 6.45) is 3.48. The van der Waals surface area contributed by atoms with Crippen LogP contribution in [0.5, 0.6) is 0 Å². The van der Waals surface area contributed by atoms with Gasteiger partial charge in [0, 0.05) is 25.0 Å². The van der Waals surface area contributed by atoms with Crippen LogP contribution in [0, 0.1) is 5.41 Å². The van der Waals surface area contributed by atoms with Gasteiger partial charge in [-0.2, -0.15) is 0 Å². The van der Waals surface area contributed by atoms with Crippen LogP contribution in [0.3, 0.4) is 0 Å². The second-order valence-corrected chi connectivity index (χ2v) is 8.45. The first-order chi connectivity index (χ1) is 13.4. The van der Waals surface area contributed by atoms with Gasteiger partial charge in [-0.05, 0) is 42.7 Å². The summed E-state index contributed by atoms with van der Waals surface area (Å²) in [6.45, 7) is 0.487. The van der Waals surface area contributed by atoms with Crippen molar-refractivity contribution in [1.82, 2.24) is 15.5 Å². The van der Waals surface area contributed by atoms with Crippen LogP contribution >= 0.6 is 0 Å². The Morgan fingerprint density at radius 2 is 1.89 bits per heavy atom. The summed E-state index contributed by atoms with van der Waals surface area (Å²) in [5, 5.41) is 5.68. The average molecular weight is 382 g/mol. The molecule has 2 atom stereocenters. The smallest absolute Gasteiger partial charge is 0.262 e. The molecule has 1 aromatic rings. The van der Waals surface area contributed by atoms with E-state index >= 15 is 0 Å². The molecule has 4 aliphatic rings. The topological polar surface area (TPSA) is 122 Å². The highest BCUT2D eigenvalue weighted by Gasteiger charge is 2.59. The van der Waals surface area contributed by atoms with Crippen molar-refractivity contribution in [3.63, 3.8) is 0 Å². The normalized spacial score (nSPS) is 33.8. The third kappa shape index (κ3) is 2.51. The Morgan fingerprint density at radius 3 is 2.57 bits per heavy atom. The van der Waals surface area contributed by atoms with Gasteiger partial charge in [-0.25, -0.2) is 0 Å². The Kier molecular flexibility index (Phi) is 3.73. The first kappa shape index (κ1) is 17.5. The van der Waals surface area contributed by atoms with Crippen LogP contribution in [0.4, 0.5) is 0 Å². The van der Waals surface area contributed by atoms with Gasteiger partial charge in [0.15, 0.2) is 0 Å². The zero-order valence-electron chi connectivity index (χ0n) is 15.4. The van der Waals surface area contributed by atoms with Gasteiger partial charge in [0.1, 0.15) is 6.04 Å². The van der Waals surface area contributed by atoms with E-state index in [1.165, 1.54) is 0 Å². The maximum atomic E-state index is 13.0. The largest absolute Gasteiger partial charge is 0.327 e. The monoisotopic (exact) mass is 382 g/mol. The summed E-state index contributed by atoms with van der Waals surface area (Å²) in [6, 6.07) is 4.98. The molecule has 5 rings (SSSR count). The lowest BCUT2D eigenvalue weighted by atomic mass is 9.76.